The van der Waals surface area contributed by atoms with Crippen LogP contribution in [0.5, 0.6) is 0 Å². The molecule has 0 spiro atoms. The van der Waals surface area contributed by atoms with E-state index in [4.69, 9.17) is 5.84 Å². The molecule has 1 aliphatic rings. The van der Waals surface area contributed by atoms with Gasteiger partial charge < -0.3 is 5.32 Å². The number of nitrogens with one attached hydrogen (secondary N) is 2. The Balaban J connectivity index is 0.00000256. The van der Waals surface area contributed by atoms with Crippen molar-refractivity contribution in [1.82, 2.24) is 10.7 Å². The van der Waals surface area contributed by atoms with Crippen molar-refractivity contribution in [2.75, 3.05) is 13.1 Å². The minimum Gasteiger partial charge on any atom is -0.316 e. The molecule has 2 atom stereocenters. The van der Waals surface area contributed by atoms with Gasteiger partial charge in [0.15, 0.2) is 0 Å². The molecule has 1 amide bonds. The van der Waals surface area contributed by atoms with E-state index in [1.165, 1.54) is 0 Å². The Bertz CT molecular complexity index is 255. The van der Waals surface area contributed by atoms with E-state index in [1.54, 1.807) is 0 Å². The minimum absolute atomic E-state index is 0. The Labute approximate surface area is 108 Å². The van der Waals surface area contributed by atoms with E-state index in [-0.39, 0.29) is 30.0 Å². The molecule has 1 rings (SSSR count). The third-order valence-corrected chi connectivity index (χ3v) is 3.08. The van der Waals surface area contributed by atoms with E-state index in [1.807, 2.05) is 6.92 Å². The SMILES string of the molecule is CCCC(C(=O)NN)C(=O)C1CCCNC1.Cl. The molecule has 5 nitrogen and oxygen atoms in total. The fourth-order valence-electron chi connectivity index (χ4n) is 2.17. The molecule has 6 heteroatoms. The zero-order valence-corrected chi connectivity index (χ0v) is 11.0. The summed E-state index contributed by atoms with van der Waals surface area (Å²) < 4.78 is 0. The monoisotopic (exact) mass is 263 g/mol. The molecule has 4 N–H and O–H groups in total. The lowest BCUT2D eigenvalue weighted by Crippen LogP contribution is -2.44. The van der Waals surface area contributed by atoms with E-state index >= 15 is 0 Å². The fraction of sp³-hybridized carbons (Fsp3) is 0.818. The molecule has 100 valence electrons. The highest BCUT2D eigenvalue weighted by molar-refractivity contribution is 6.02. The number of ketones is 1. The Morgan fingerprint density at radius 2 is 2.24 bits per heavy atom. The number of rotatable bonds is 5. The zero-order valence-electron chi connectivity index (χ0n) is 10.2. The molecule has 0 aromatic rings. The third-order valence-electron chi connectivity index (χ3n) is 3.08. The molecular weight excluding hydrogens is 242 g/mol. The number of halogens is 1. The van der Waals surface area contributed by atoms with Gasteiger partial charge in [0.05, 0.1) is 5.92 Å². The van der Waals surface area contributed by atoms with Gasteiger partial charge in [-0.15, -0.1) is 12.4 Å². The first-order chi connectivity index (χ1) is 7.70. The lowest BCUT2D eigenvalue weighted by molar-refractivity contribution is -0.137. The molecule has 0 saturated carbocycles. The van der Waals surface area contributed by atoms with E-state index in [2.05, 4.69) is 10.7 Å². The van der Waals surface area contributed by atoms with Gasteiger partial charge >= 0.3 is 0 Å². The van der Waals surface area contributed by atoms with Crippen molar-refractivity contribution >= 4 is 24.1 Å². The highest BCUT2D eigenvalue weighted by Crippen LogP contribution is 2.19. The molecule has 1 fully saturated rings. The minimum atomic E-state index is -0.570. The van der Waals surface area contributed by atoms with Gasteiger partial charge in [0, 0.05) is 12.5 Å². The maximum atomic E-state index is 12.1. The van der Waals surface area contributed by atoms with E-state index < -0.39 is 5.92 Å². The number of amides is 1. The summed E-state index contributed by atoms with van der Waals surface area (Å²) in [5.74, 6) is 4.20. The van der Waals surface area contributed by atoms with Crippen LogP contribution in [0.1, 0.15) is 32.6 Å². The Hall–Kier alpha value is -0.650. The van der Waals surface area contributed by atoms with Crippen molar-refractivity contribution < 1.29 is 9.59 Å². The summed E-state index contributed by atoms with van der Waals surface area (Å²) >= 11 is 0. The number of Topliss-reactive ketones (excluding diaryl/α,β-unsaturated/α-hetero) is 1. The number of hydrogen-bond donors (Lipinski definition) is 3. The van der Waals surface area contributed by atoms with Gasteiger partial charge in [-0.25, -0.2) is 5.84 Å². The van der Waals surface area contributed by atoms with Crippen molar-refractivity contribution in [3.8, 4) is 0 Å². The van der Waals surface area contributed by atoms with Crippen LogP contribution < -0.4 is 16.6 Å². The van der Waals surface area contributed by atoms with Gasteiger partial charge in [0.1, 0.15) is 5.78 Å². The quantitative estimate of drug-likeness (QED) is 0.290. The summed E-state index contributed by atoms with van der Waals surface area (Å²) in [4.78, 5) is 23.6. The number of piperidine rings is 1. The average Bonchev–Trinajstić information content (AvgIpc) is 2.35. The first kappa shape index (κ1) is 16.4. The van der Waals surface area contributed by atoms with Crippen LogP contribution >= 0.6 is 12.4 Å². The zero-order chi connectivity index (χ0) is 12.0. The summed E-state index contributed by atoms with van der Waals surface area (Å²) in [5.41, 5.74) is 2.09. The normalized spacial score (nSPS) is 21.2. The molecule has 1 heterocycles. The predicted octanol–water partition coefficient (Wildman–Crippen LogP) is 0.383. The second kappa shape index (κ2) is 8.44. The molecule has 0 radical (unpaired) electrons. The standard InChI is InChI=1S/C11H21N3O2.ClH/c1-2-4-9(11(16)14-12)10(15)8-5-3-6-13-7-8;/h8-9,13H,2-7,12H2,1H3,(H,14,16);1H. The van der Waals surface area contributed by atoms with Crippen LogP contribution in [0.2, 0.25) is 0 Å². The van der Waals surface area contributed by atoms with Crippen LogP contribution in [-0.4, -0.2) is 24.8 Å². The van der Waals surface area contributed by atoms with Crippen LogP contribution in [0, 0.1) is 11.8 Å². The van der Waals surface area contributed by atoms with Crippen LogP contribution in [-0.2, 0) is 9.59 Å². The van der Waals surface area contributed by atoms with Crippen molar-refractivity contribution in [3.05, 3.63) is 0 Å². The molecular formula is C11H22ClN3O2. The summed E-state index contributed by atoms with van der Waals surface area (Å²) in [7, 11) is 0. The highest BCUT2D eigenvalue weighted by atomic mass is 35.5. The summed E-state index contributed by atoms with van der Waals surface area (Å²) in [6, 6.07) is 0. The number of hydrogen-bond acceptors (Lipinski definition) is 4. The molecule has 0 aromatic carbocycles. The largest absolute Gasteiger partial charge is 0.316 e. The van der Waals surface area contributed by atoms with Crippen LogP contribution in [0.15, 0.2) is 0 Å². The molecule has 0 aliphatic carbocycles. The van der Waals surface area contributed by atoms with Gasteiger partial charge in [0.2, 0.25) is 5.91 Å². The highest BCUT2D eigenvalue weighted by Gasteiger charge is 2.31. The number of carbonyl (C=O) groups excluding carboxylic acids is 2. The van der Waals surface area contributed by atoms with Crippen LogP contribution in [0.25, 0.3) is 0 Å². The Morgan fingerprint density at radius 1 is 1.53 bits per heavy atom. The number of hydrazine groups is 1. The van der Waals surface area contributed by atoms with E-state index in [0.29, 0.717) is 13.0 Å². The number of nitrogens with two attached hydrogens (primary N) is 1. The molecule has 2 unspecified atom stereocenters. The second-order valence-corrected chi connectivity index (χ2v) is 4.30. The van der Waals surface area contributed by atoms with Gasteiger partial charge in [0.25, 0.3) is 0 Å². The van der Waals surface area contributed by atoms with Crippen molar-refractivity contribution in [1.29, 1.82) is 0 Å². The van der Waals surface area contributed by atoms with Crippen LogP contribution in [0.3, 0.4) is 0 Å². The Kier molecular flexibility index (Phi) is 8.12. The Morgan fingerprint density at radius 3 is 2.71 bits per heavy atom. The average molecular weight is 264 g/mol. The summed E-state index contributed by atoms with van der Waals surface area (Å²) in [6.07, 6.45) is 3.27. The van der Waals surface area contributed by atoms with E-state index in [0.717, 1.165) is 25.8 Å². The first-order valence-electron chi connectivity index (χ1n) is 5.95. The van der Waals surface area contributed by atoms with Gasteiger partial charge in [-0.3, -0.25) is 15.0 Å². The topological polar surface area (TPSA) is 84.2 Å². The predicted molar refractivity (Wildman–Crippen MR) is 68.6 cm³/mol. The fourth-order valence-corrected chi connectivity index (χ4v) is 2.17. The van der Waals surface area contributed by atoms with Gasteiger partial charge in [-0.05, 0) is 25.8 Å². The van der Waals surface area contributed by atoms with Crippen LogP contribution in [0.4, 0.5) is 0 Å². The van der Waals surface area contributed by atoms with E-state index in [9.17, 15) is 9.59 Å². The lowest BCUT2D eigenvalue weighted by atomic mass is 9.85. The molecule has 17 heavy (non-hydrogen) atoms. The molecule has 1 aliphatic heterocycles. The smallest absolute Gasteiger partial charge is 0.244 e. The maximum absolute atomic E-state index is 12.1. The third kappa shape index (κ3) is 4.61. The molecule has 0 aromatic heterocycles. The first-order valence-corrected chi connectivity index (χ1v) is 5.95. The molecule has 0 bridgehead atoms. The molecule has 1 saturated heterocycles. The van der Waals surface area contributed by atoms with Crippen molar-refractivity contribution in [2.45, 2.75) is 32.6 Å². The van der Waals surface area contributed by atoms with Crippen molar-refractivity contribution in [2.24, 2.45) is 17.7 Å². The van der Waals surface area contributed by atoms with Gasteiger partial charge in [-0.1, -0.05) is 13.3 Å². The summed E-state index contributed by atoms with van der Waals surface area (Å²) in [5, 5.41) is 3.19. The van der Waals surface area contributed by atoms with Gasteiger partial charge in [-0.2, -0.15) is 0 Å². The lowest BCUT2D eigenvalue weighted by Gasteiger charge is -2.25. The second-order valence-electron chi connectivity index (χ2n) is 4.30. The maximum Gasteiger partial charge on any atom is 0.244 e. The number of carbonyl (C=O) groups is 2. The van der Waals surface area contributed by atoms with Crippen molar-refractivity contribution in [3.63, 3.8) is 0 Å². The summed E-state index contributed by atoms with van der Waals surface area (Å²) in [6.45, 7) is 3.62.